The number of hydrogen-bond acceptors (Lipinski definition) is 6. The van der Waals surface area contributed by atoms with Crippen molar-refractivity contribution in [2.75, 3.05) is 37.7 Å². The van der Waals surface area contributed by atoms with Gasteiger partial charge in [-0.05, 0) is 6.42 Å². The van der Waals surface area contributed by atoms with Crippen molar-refractivity contribution in [2.24, 2.45) is 0 Å². The van der Waals surface area contributed by atoms with Gasteiger partial charge in [-0.25, -0.2) is 13.4 Å². The maximum absolute atomic E-state index is 11.6. The molecule has 5 nitrogen and oxygen atoms in total. The zero-order valence-corrected chi connectivity index (χ0v) is 15.9. The Morgan fingerprint density at radius 2 is 1.96 bits per heavy atom. The molecule has 130 valence electrons. The van der Waals surface area contributed by atoms with Gasteiger partial charge in [0.25, 0.3) is 0 Å². The number of sulfone groups is 1. The lowest BCUT2D eigenvalue weighted by Crippen LogP contribution is -2.50. The molecule has 2 aliphatic heterocycles. The molecule has 3 heterocycles. The van der Waals surface area contributed by atoms with Gasteiger partial charge >= 0.3 is 0 Å². The van der Waals surface area contributed by atoms with Crippen LogP contribution in [0, 0.1) is 0 Å². The predicted molar refractivity (Wildman–Crippen MR) is 94.7 cm³/mol. The van der Waals surface area contributed by atoms with Crippen molar-refractivity contribution in [1.82, 2.24) is 14.8 Å². The fraction of sp³-hybridized carbons (Fsp3) is 0.812. The lowest BCUT2D eigenvalue weighted by atomic mass is 9.93. The molecule has 0 spiro atoms. The van der Waals surface area contributed by atoms with Gasteiger partial charge in [-0.3, -0.25) is 9.80 Å². The standard InChI is InChI=1S/C16H27N3O2S2/c1-16(2,3)14-11-22-15(17-14)10-18-5-7-19(8-6-18)13-4-9-23(20,21)12-13/h11,13H,4-10,12H2,1-3H3/t13-/m0/s1. The summed E-state index contributed by atoms with van der Waals surface area (Å²) in [6, 6.07) is 0.245. The molecule has 0 aromatic carbocycles. The third-order valence-electron chi connectivity index (χ3n) is 4.81. The van der Waals surface area contributed by atoms with Crippen LogP contribution in [0.2, 0.25) is 0 Å². The van der Waals surface area contributed by atoms with Gasteiger partial charge in [-0.15, -0.1) is 11.3 Å². The third kappa shape index (κ3) is 4.32. The second-order valence-corrected chi connectivity index (χ2v) is 10.9. The normalized spacial score (nSPS) is 26.7. The van der Waals surface area contributed by atoms with Gasteiger partial charge in [0, 0.05) is 43.0 Å². The van der Waals surface area contributed by atoms with Crippen LogP contribution in [-0.2, 0) is 21.8 Å². The summed E-state index contributed by atoms with van der Waals surface area (Å²) >= 11 is 1.75. The topological polar surface area (TPSA) is 53.5 Å². The summed E-state index contributed by atoms with van der Waals surface area (Å²) in [5.74, 6) is 0.723. The Labute approximate surface area is 143 Å². The smallest absolute Gasteiger partial charge is 0.151 e. The summed E-state index contributed by atoms with van der Waals surface area (Å²) < 4.78 is 23.3. The number of hydrogen-bond donors (Lipinski definition) is 0. The van der Waals surface area contributed by atoms with Crippen LogP contribution in [-0.4, -0.2) is 66.9 Å². The molecular formula is C16H27N3O2S2. The van der Waals surface area contributed by atoms with E-state index in [2.05, 4.69) is 36.0 Å². The Kier molecular flexibility index (Phi) is 4.84. The average molecular weight is 358 g/mol. The van der Waals surface area contributed by atoms with Crippen molar-refractivity contribution in [3.8, 4) is 0 Å². The predicted octanol–water partition coefficient (Wildman–Crippen LogP) is 1.75. The van der Waals surface area contributed by atoms with Gasteiger partial charge in [0.1, 0.15) is 5.01 Å². The number of piperazine rings is 1. The first kappa shape index (κ1) is 17.3. The molecule has 1 atom stereocenters. The maximum Gasteiger partial charge on any atom is 0.151 e. The molecule has 7 heteroatoms. The summed E-state index contributed by atoms with van der Waals surface area (Å²) in [5.41, 5.74) is 1.29. The second kappa shape index (κ2) is 6.43. The van der Waals surface area contributed by atoms with E-state index in [1.807, 2.05) is 0 Å². The first-order valence-electron chi connectivity index (χ1n) is 8.35. The second-order valence-electron chi connectivity index (χ2n) is 7.75. The number of rotatable bonds is 3. The molecule has 0 aliphatic carbocycles. The first-order chi connectivity index (χ1) is 10.7. The molecule has 1 aromatic heterocycles. The molecule has 0 amide bonds. The molecule has 0 N–H and O–H groups in total. The van der Waals surface area contributed by atoms with Crippen LogP contribution in [0.15, 0.2) is 5.38 Å². The van der Waals surface area contributed by atoms with Crippen LogP contribution in [0.4, 0.5) is 0 Å². The number of thiazole rings is 1. The van der Waals surface area contributed by atoms with E-state index in [1.54, 1.807) is 11.3 Å². The lowest BCUT2D eigenvalue weighted by Gasteiger charge is -2.37. The third-order valence-corrected chi connectivity index (χ3v) is 7.39. The molecule has 0 radical (unpaired) electrons. The quantitative estimate of drug-likeness (QED) is 0.825. The largest absolute Gasteiger partial charge is 0.297 e. The summed E-state index contributed by atoms with van der Waals surface area (Å²) in [6.07, 6.45) is 0.809. The summed E-state index contributed by atoms with van der Waals surface area (Å²) in [5, 5.41) is 3.36. The van der Waals surface area contributed by atoms with Crippen molar-refractivity contribution in [2.45, 2.75) is 45.2 Å². The van der Waals surface area contributed by atoms with Gasteiger partial charge in [0.15, 0.2) is 9.84 Å². The minimum absolute atomic E-state index is 0.113. The molecule has 0 unspecified atom stereocenters. The van der Waals surface area contributed by atoms with Crippen LogP contribution in [0.1, 0.15) is 37.9 Å². The Balaban J connectivity index is 1.51. The van der Waals surface area contributed by atoms with Gasteiger partial charge in [-0.2, -0.15) is 0 Å². The van der Waals surface area contributed by atoms with Crippen molar-refractivity contribution in [1.29, 1.82) is 0 Å². The molecule has 2 fully saturated rings. The van der Waals surface area contributed by atoms with Gasteiger partial charge in [0.2, 0.25) is 0 Å². The number of aromatic nitrogens is 1. The van der Waals surface area contributed by atoms with E-state index in [1.165, 1.54) is 10.7 Å². The van der Waals surface area contributed by atoms with Gasteiger partial charge < -0.3 is 0 Å². The highest BCUT2D eigenvalue weighted by molar-refractivity contribution is 7.91. The zero-order chi connectivity index (χ0) is 16.7. The van der Waals surface area contributed by atoms with E-state index < -0.39 is 9.84 Å². The van der Waals surface area contributed by atoms with Crippen LogP contribution >= 0.6 is 11.3 Å². The molecule has 0 bridgehead atoms. The van der Waals surface area contributed by atoms with E-state index in [-0.39, 0.29) is 11.5 Å². The van der Waals surface area contributed by atoms with E-state index in [0.717, 1.165) is 39.1 Å². The van der Waals surface area contributed by atoms with E-state index >= 15 is 0 Å². The minimum Gasteiger partial charge on any atom is -0.297 e. The van der Waals surface area contributed by atoms with Crippen LogP contribution in [0.5, 0.6) is 0 Å². The van der Waals surface area contributed by atoms with Crippen molar-refractivity contribution in [3.05, 3.63) is 16.1 Å². The highest BCUT2D eigenvalue weighted by Crippen LogP contribution is 2.25. The minimum atomic E-state index is -2.78. The molecule has 2 saturated heterocycles. The van der Waals surface area contributed by atoms with E-state index in [4.69, 9.17) is 4.98 Å². The lowest BCUT2D eigenvalue weighted by molar-refractivity contribution is 0.0999. The fourth-order valence-corrected chi connectivity index (χ4v) is 6.09. The first-order valence-corrected chi connectivity index (χ1v) is 11.0. The highest BCUT2D eigenvalue weighted by atomic mass is 32.2. The molecule has 0 saturated carbocycles. The van der Waals surface area contributed by atoms with Gasteiger partial charge in [0.05, 0.1) is 23.7 Å². The molecule has 3 rings (SSSR count). The summed E-state index contributed by atoms with van der Waals surface area (Å²) in [4.78, 5) is 9.58. The van der Waals surface area contributed by atoms with Crippen LogP contribution in [0.3, 0.4) is 0 Å². The number of nitrogens with zero attached hydrogens (tertiary/aromatic N) is 3. The van der Waals surface area contributed by atoms with Crippen molar-refractivity contribution >= 4 is 21.2 Å². The molecule has 2 aliphatic rings. The van der Waals surface area contributed by atoms with E-state index in [9.17, 15) is 8.42 Å². The van der Waals surface area contributed by atoms with Gasteiger partial charge in [-0.1, -0.05) is 20.8 Å². The Bertz CT molecular complexity index is 641. The van der Waals surface area contributed by atoms with Crippen LogP contribution in [0.25, 0.3) is 0 Å². The Morgan fingerprint density at radius 3 is 2.48 bits per heavy atom. The Hall–Kier alpha value is -0.500. The van der Waals surface area contributed by atoms with Crippen molar-refractivity contribution < 1.29 is 8.42 Å². The van der Waals surface area contributed by atoms with Crippen molar-refractivity contribution in [3.63, 3.8) is 0 Å². The summed E-state index contributed by atoms with van der Waals surface area (Å²) in [7, 11) is -2.78. The monoisotopic (exact) mass is 357 g/mol. The van der Waals surface area contributed by atoms with Crippen LogP contribution < -0.4 is 0 Å². The Morgan fingerprint density at radius 1 is 1.26 bits per heavy atom. The zero-order valence-electron chi connectivity index (χ0n) is 14.3. The fourth-order valence-electron chi connectivity index (χ4n) is 3.27. The SMILES string of the molecule is CC(C)(C)c1csc(CN2CCN([C@H]3CCS(=O)(=O)C3)CC2)n1. The molecule has 23 heavy (non-hydrogen) atoms. The highest BCUT2D eigenvalue weighted by Gasteiger charge is 2.33. The van der Waals surface area contributed by atoms with E-state index in [0.29, 0.717) is 11.5 Å². The molecular weight excluding hydrogens is 330 g/mol. The average Bonchev–Trinajstić information content (AvgIpc) is 3.06. The maximum atomic E-state index is 11.6. The summed E-state index contributed by atoms with van der Waals surface area (Å²) in [6.45, 7) is 11.4. The molecule has 1 aromatic rings.